The Bertz CT molecular complexity index is 1240. The zero-order valence-electron chi connectivity index (χ0n) is 17.9. The lowest BCUT2D eigenvalue weighted by molar-refractivity contribution is 0.0642. The van der Waals surface area contributed by atoms with Crippen LogP contribution in [-0.2, 0) is 6.54 Å². The Hall–Kier alpha value is -4.07. The summed E-state index contributed by atoms with van der Waals surface area (Å²) in [4.78, 5) is 39.4. The van der Waals surface area contributed by atoms with Crippen molar-refractivity contribution in [1.82, 2.24) is 10.2 Å². The highest BCUT2D eigenvalue weighted by atomic mass is 19.1. The van der Waals surface area contributed by atoms with Gasteiger partial charge in [-0.05, 0) is 42.8 Å². The Balaban J connectivity index is 1.56. The Morgan fingerprint density at radius 3 is 2.27 bits per heavy atom. The number of ether oxygens (including phenoxy) is 1. The van der Waals surface area contributed by atoms with Crippen molar-refractivity contribution in [3.05, 3.63) is 100 Å². The summed E-state index contributed by atoms with van der Waals surface area (Å²) in [6.07, 6.45) is 0. The zero-order valence-corrected chi connectivity index (χ0v) is 17.9. The van der Waals surface area contributed by atoms with Crippen LogP contribution in [0.2, 0.25) is 0 Å². The topological polar surface area (TPSA) is 75.7 Å². The first kappa shape index (κ1) is 22.1. The largest absolute Gasteiger partial charge is 0.496 e. The normalized spacial score (nSPS) is 13.6. The van der Waals surface area contributed by atoms with Crippen LogP contribution in [0.1, 0.15) is 55.2 Å². The van der Waals surface area contributed by atoms with Crippen LogP contribution in [0.5, 0.6) is 5.75 Å². The number of benzene rings is 3. The lowest BCUT2D eigenvalue weighted by Gasteiger charge is -2.18. The maximum atomic E-state index is 14.1. The monoisotopic (exact) mass is 450 g/mol. The quantitative estimate of drug-likeness (QED) is 0.570. The highest BCUT2D eigenvalue weighted by Gasteiger charge is 2.35. The highest BCUT2D eigenvalue weighted by Crippen LogP contribution is 2.27. The minimum atomic E-state index is -0.769. The molecule has 1 aliphatic heterocycles. The molecule has 1 N–H and O–H groups in total. The van der Waals surface area contributed by atoms with E-state index in [2.05, 4.69) is 5.32 Å². The van der Waals surface area contributed by atoms with Gasteiger partial charge in [-0.15, -0.1) is 0 Å². The van der Waals surface area contributed by atoms with Crippen molar-refractivity contribution in [2.45, 2.75) is 19.5 Å². The van der Waals surface area contributed by atoms with Gasteiger partial charge >= 0.3 is 0 Å². The molecule has 1 heterocycles. The number of carbonyl (C=O) groups excluding carboxylic acids is 3. The van der Waals surface area contributed by atoms with Gasteiger partial charge in [0, 0.05) is 11.6 Å². The van der Waals surface area contributed by atoms with E-state index in [0.29, 0.717) is 16.7 Å². The summed E-state index contributed by atoms with van der Waals surface area (Å²) < 4.78 is 32.6. The van der Waals surface area contributed by atoms with Gasteiger partial charge < -0.3 is 10.1 Å². The molecule has 4 rings (SSSR count). The van der Waals surface area contributed by atoms with E-state index in [1.807, 2.05) is 0 Å². The van der Waals surface area contributed by atoms with Crippen LogP contribution < -0.4 is 10.1 Å². The molecule has 3 aromatic carbocycles. The number of carbonyl (C=O) groups is 3. The molecule has 0 bridgehead atoms. The molecule has 1 aliphatic rings. The molecule has 8 heteroatoms. The van der Waals surface area contributed by atoms with E-state index in [0.717, 1.165) is 17.0 Å². The summed E-state index contributed by atoms with van der Waals surface area (Å²) in [7, 11) is 1.40. The first-order chi connectivity index (χ1) is 15.8. The fourth-order valence-electron chi connectivity index (χ4n) is 3.80. The number of rotatable bonds is 6. The van der Waals surface area contributed by atoms with Crippen molar-refractivity contribution in [3.8, 4) is 5.75 Å². The van der Waals surface area contributed by atoms with Crippen LogP contribution in [0.15, 0.2) is 60.7 Å². The smallest absolute Gasteiger partial charge is 0.261 e. The number of hydrogen-bond donors (Lipinski definition) is 1. The third-order valence-corrected chi connectivity index (χ3v) is 5.50. The number of fused-ring (bicyclic) bond motifs is 1. The lowest BCUT2D eigenvalue weighted by Crippen LogP contribution is -2.30. The molecule has 1 atom stereocenters. The average molecular weight is 450 g/mol. The Morgan fingerprint density at radius 2 is 1.67 bits per heavy atom. The maximum Gasteiger partial charge on any atom is 0.261 e. The Kier molecular flexibility index (Phi) is 5.91. The van der Waals surface area contributed by atoms with Crippen LogP contribution in [0.4, 0.5) is 8.78 Å². The molecule has 0 saturated heterocycles. The van der Waals surface area contributed by atoms with E-state index < -0.39 is 35.4 Å². The van der Waals surface area contributed by atoms with E-state index in [9.17, 15) is 23.2 Å². The van der Waals surface area contributed by atoms with Crippen molar-refractivity contribution in [2.24, 2.45) is 0 Å². The van der Waals surface area contributed by atoms with Crippen LogP contribution in [0.25, 0.3) is 0 Å². The number of hydrogen-bond acceptors (Lipinski definition) is 4. The molecule has 0 aromatic heterocycles. The number of nitrogens with zero attached hydrogens (tertiary/aromatic N) is 1. The molecular formula is C25H20F2N2O4. The van der Waals surface area contributed by atoms with Crippen molar-refractivity contribution >= 4 is 17.7 Å². The molecule has 1 unspecified atom stereocenters. The third-order valence-electron chi connectivity index (χ3n) is 5.50. The summed E-state index contributed by atoms with van der Waals surface area (Å²) in [5, 5.41) is 2.67. The Morgan fingerprint density at radius 1 is 1.00 bits per heavy atom. The van der Waals surface area contributed by atoms with Crippen molar-refractivity contribution < 1.29 is 27.9 Å². The third kappa shape index (κ3) is 4.19. The van der Waals surface area contributed by atoms with Gasteiger partial charge in [0.25, 0.3) is 17.7 Å². The predicted octanol–water partition coefficient (Wildman–Crippen LogP) is 4.26. The van der Waals surface area contributed by atoms with Gasteiger partial charge in [0.05, 0.1) is 36.4 Å². The first-order valence-electron chi connectivity index (χ1n) is 10.2. The van der Waals surface area contributed by atoms with Crippen LogP contribution in [0, 0.1) is 11.6 Å². The van der Waals surface area contributed by atoms with E-state index in [1.54, 1.807) is 43.3 Å². The van der Waals surface area contributed by atoms with Crippen molar-refractivity contribution in [1.29, 1.82) is 0 Å². The van der Waals surface area contributed by atoms with Gasteiger partial charge in [-0.2, -0.15) is 0 Å². The summed E-state index contributed by atoms with van der Waals surface area (Å²) >= 11 is 0. The minimum absolute atomic E-state index is 0.0290. The van der Waals surface area contributed by atoms with E-state index in [1.165, 1.54) is 19.2 Å². The second kappa shape index (κ2) is 8.82. The van der Waals surface area contributed by atoms with Crippen LogP contribution >= 0.6 is 0 Å². The van der Waals surface area contributed by atoms with E-state index >= 15 is 0 Å². The molecule has 6 nitrogen and oxygen atoms in total. The van der Waals surface area contributed by atoms with Gasteiger partial charge in [0.2, 0.25) is 0 Å². The molecule has 0 saturated carbocycles. The summed E-state index contributed by atoms with van der Waals surface area (Å²) in [5.74, 6) is -2.57. The highest BCUT2D eigenvalue weighted by molar-refractivity contribution is 6.21. The van der Waals surface area contributed by atoms with Gasteiger partial charge in [0.1, 0.15) is 17.4 Å². The van der Waals surface area contributed by atoms with Crippen molar-refractivity contribution in [2.75, 3.05) is 7.11 Å². The second-order valence-electron chi connectivity index (χ2n) is 7.64. The first-order valence-corrected chi connectivity index (χ1v) is 10.2. The number of nitrogens with one attached hydrogen (secondary N) is 1. The number of methoxy groups -OCH3 is 1. The SMILES string of the molecule is COc1ccc(CN2C(=O)c3ccccc3C2=O)cc1C(=O)NC(C)c1ccc(F)cc1F. The maximum absolute atomic E-state index is 14.1. The van der Waals surface area contributed by atoms with E-state index in [-0.39, 0.29) is 23.4 Å². The van der Waals surface area contributed by atoms with E-state index in [4.69, 9.17) is 4.74 Å². The summed E-state index contributed by atoms with van der Waals surface area (Å²) in [6, 6.07) is 13.7. The van der Waals surface area contributed by atoms with Gasteiger partial charge in [-0.3, -0.25) is 19.3 Å². The van der Waals surface area contributed by atoms with Gasteiger partial charge in [0.15, 0.2) is 0 Å². The minimum Gasteiger partial charge on any atom is -0.496 e. The second-order valence-corrected chi connectivity index (χ2v) is 7.64. The van der Waals surface area contributed by atoms with Crippen molar-refractivity contribution in [3.63, 3.8) is 0 Å². The molecule has 0 radical (unpaired) electrons. The fourth-order valence-corrected chi connectivity index (χ4v) is 3.80. The number of halogens is 2. The van der Waals surface area contributed by atoms with Crippen LogP contribution in [-0.4, -0.2) is 29.7 Å². The number of amides is 3. The average Bonchev–Trinajstić information content (AvgIpc) is 3.04. The molecular weight excluding hydrogens is 430 g/mol. The Labute approximate surface area is 188 Å². The lowest BCUT2D eigenvalue weighted by atomic mass is 10.1. The molecule has 0 aliphatic carbocycles. The standard InChI is InChI=1S/C25H20F2N2O4/c1-14(17-9-8-16(26)12-21(17)27)28-23(30)20-11-15(7-10-22(20)33-2)13-29-24(31)18-5-3-4-6-19(18)25(29)32/h3-12,14H,13H2,1-2H3,(H,28,30). The zero-order chi connectivity index (χ0) is 23.7. The fraction of sp³-hybridized carbons (Fsp3) is 0.160. The van der Waals surface area contributed by atoms with Gasteiger partial charge in [-0.25, -0.2) is 8.78 Å². The van der Waals surface area contributed by atoms with Gasteiger partial charge in [-0.1, -0.05) is 24.3 Å². The molecule has 33 heavy (non-hydrogen) atoms. The number of imide groups is 1. The molecule has 0 fully saturated rings. The molecule has 168 valence electrons. The molecule has 0 spiro atoms. The predicted molar refractivity (Wildman–Crippen MR) is 116 cm³/mol. The summed E-state index contributed by atoms with van der Waals surface area (Å²) in [5.41, 5.74) is 1.50. The van der Waals surface area contributed by atoms with Crippen LogP contribution in [0.3, 0.4) is 0 Å². The molecule has 3 aromatic rings. The molecule has 3 amide bonds. The summed E-state index contributed by atoms with van der Waals surface area (Å²) in [6.45, 7) is 1.54.